The first-order valence-electron chi connectivity index (χ1n) is 5.93. The summed E-state index contributed by atoms with van der Waals surface area (Å²) in [6.07, 6.45) is 0. The van der Waals surface area contributed by atoms with Crippen LogP contribution in [-0.2, 0) is 10.0 Å². The molecular weight excluding hydrogens is 282 g/mol. The summed E-state index contributed by atoms with van der Waals surface area (Å²) < 4.78 is 30.8. The molecule has 7 nitrogen and oxygen atoms in total. The molecule has 0 saturated carbocycles. The zero-order valence-electron chi connectivity index (χ0n) is 11.7. The van der Waals surface area contributed by atoms with Crippen LogP contribution in [0.15, 0.2) is 23.1 Å². The van der Waals surface area contributed by atoms with E-state index in [1.54, 1.807) is 7.05 Å². The average molecular weight is 301 g/mol. The minimum absolute atomic E-state index is 0.00528. The van der Waals surface area contributed by atoms with Gasteiger partial charge in [0.2, 0.25) is 10.0 Å². The minimum atomic E-state index is -3.66. The lowest BCUT2D eigenvalue weighted by Gasteiger charge is -2.17. The molecule has 112 valence electrons. The zero-order chi connectivity index (χ0) is 15.3. The Kier molecular flexibility index (Phi) is 5.49. The third kappa shape index (κ3) is 3.47. The molecule has 0 aromatic heterocycles. The number of hydrogen-bond donors (Lipinski definition) is 2. The monoisotopic (exact) mass is 301 g/mol. The van der Waals surface area contributed by atoms with Crippen molar-refractivity contribution < 1.29 is 17.9 Å². The Labute approximate surface area is 118 Å². The molecule has 0 aliphatic carbocycles. The maximum Gasteiger partial charge on any atom is 0.252 e. The van der Waals surface area contributed by atoms with Gasteiger partial charge in [0, 0.05) is 20.1 Å². The van der Waals surface area contributed by atoms with Crippen molar-refractivity contribution in [3.8, 4) is 5.75 Å². The van der Waals surface area contributed by atoms with Gasteiger partial charge in [-0.05, 0) is 25.2 Å². The van der Waals surface area contributed by atoms with E-state index in [0.29, 0.717) is 13.1 Å². The molecule has 0 saturated heterocycles. The number of methoxy groups -OCH3 is 1. The topological polar surface area (TPSA) is 102 Å². The Morgan fingerprint density at radius 3 is 2.60 bits per heavy atom. The quantitative estimate of drug-likeness (QED) is 0.716. The summed E-state index contributed by atoms with van der Waals surface area (Å²) in [5.74, 6) is -0.494. The number of hydrogen-bond acceptors (Lipinski definition) is 5. The van der Waals surface area contributed by atoms with Gasteiger partial charge in [-0.25, -0.2) is 8.42 Å². The van der Waals surface area contributed by atoms with Gasteiger partial charge in [-0.15, -0.1) is 0 Å². The predicted octanol–water partition coefficient (Wildman–Crippen LogP) is -0.366. The van der Waals surface area contributed by atoms with Crippen molar-refractivity contribution >= 4 is 15.9 Å². The number of primary amides is 1. The Morgan fingerprint density at radius 2 is 2.10 bits per heavy atom. The number of nitrogens with two attached hydrogens (primary N) is 1. The van der Waals surface area contributed by atoms with E-state index in [0.717, 1.165) is 0 Å². The molecule has 3 N–H and O–H groups in total. The first-order valence-corrected chi connectivity index (χ1v) is 7.37. The maximum atomic E-state index is 12.3. The van der Waals surface area contributed by atoms with E-state index < -0.39 is 15.9 Å². The van der Waals surface area contributed by atoms with Crippen LogP contribution in [0.2, 0.25) is 0 Å². The van der Waals surface area contributed by atoms with E-state index in [-0.39, 0.29) is 16.2 Å². The fourth-order valence-corrected chi connectivity index (χ4v) is 2.81. The SMILES string of the molecule is CNCCN(C)S(=O)(=O)c1ccc(OC)c(C(N)=O)c1. The van der Waals surface area contributed by atoms with Gasteiger partial charge in [0.25, 0.3) is 5.91 Å². The summed E-state index contributed by atoms with van der Waals surface area (Å²) >= 11 is 0. The second-order valence-electron chi connectivity index (χ2n) is 4.16. The van der Waals surface area contributed by atoms with Gasteiger partial charge in [0.1, 0.15) is 5.75 Å². The third-order valence-electron chi connectivity index (χ3n) is 2.82. The highest BCUT2D eigenvalue weighted by molar-refractivity contribution is 7.89. The lowest BCUT2D eigenvalue weighted by Crippen LogP contribution is -2.33. The van der Waals surface area contributed by atoms with Crippen LogP contribution in [0, 0.1) is 0 Å². The largest absolute Gasteiger partial charge is 0.496 e. The van der Waals surface area contributed by atoms with Crippen LogP contribution in [0.25, 0.3) is 0 Å². The number of sulfonamides is 1. The number of likely N-dealkylation sites (N-methyl/N-ethyl adjacent to an activating group) is 2. The molecular formula is C12H19N3O4S. The Hall–Kier alpha value is -1.64. The van der Waals surface area contributed by atoms with Gasteiger partial charge in [-0.1, -0.05) is 0 Å². The van der Waals surface area contributed by atoms with Crippen molar-refractivity contribution in [3.63, 3.8) is 0 Å². The molecule has 0 bridgehead atoms. The van der Waals surface area contributed by atoms with Crippen molar-refractivity contribution in [3.05, 3.63) is 23.8 Å². The van der Waals surface area contributed by atoms with Crippen molar-refractivity contribution in [1.82, 2.24) is 9.62 Å². The number of carbonyl (C=O) groups excluding carboxylic acids is 1. The fraction of sp³-hybridized carbons (Fsp3) is 0.417. The van der Waals surface area contributed by atoms with E-state index in [4.69, 9.17) is 10.5 Å². The fourth-order valence-electron chi connectivity index (χ4n) is 1.61. The smallest absolute Gasteiger partial charge is 0.252 e. The molecule has 0 aliphatic heterocycles. The number of rotatable bonds is 7. The molecule has 20 heavy (non-hydrogen) atoms. The van der Waals surface area contributed by atoms with Crippen molar-refractivity contribution in [2.45, 2.75) is 4.90 Å². The summed E-state index contributed by atoms with van der Waals surface area (Å²) in [6, 6.07) is 4.03. The molecule has 1 amide bonds. The second-order valence-corrected chi connectivity index (χ2v) is 6.20. The van der Waals surface area contributed by atoms with Gasteiger partial charge < -0.3 is 15.8 Å². The van der Waals surface area contributed by atoms with Crippen LogP contribution in [0.5, 0.6) is 5.75 Å². The molecule has 0 spiro atoms. The highest BCUT2D eigenvalue weighted by Gasteiger charge is 2.22. The van der Waals surface area contributed by atoms with Gasteiger partial charge in [0.05, 0.1) is 17.6 Å². The molecule has 0 heterocycles. The highest BCUT2D eigenvalue weighted by atomic mass is 32.2. The Bertz CT molecular complexity index is 586. The van der Waals surface area contributed by atoms with Gasteiger partial charge in [-0.2, -0.15) is 4.31 Å². The average Bonchev–Trinajstić information content (AvgIpc) is 2.43. The van der Waals surface area contributed by atoms with Crippen molar-refractivity contribution in [2.75, 3.05) is 34.3 Å². The highest BCUT2D eigenvalue weighted by Crippen LogP contribution is 2.23. The first-order chi connectivity index (χ1) is 9.34. The molecule has 1 aromatic carbocycles. The summed E-state index contributed by atoms with van der Waals surface area (Å²) in [4.78, 5) is 11.3. The Morgan fingerprint density at radius 1 is 1.45 bits per heavy atom. The molecule has 0 unspecified atom stereocenters. The Balaban J connectivity index is 3.19. The van der Waals surface area contributed by atoms with E-state index >= 15 is 0 Å². The number of nitrogens with one attached hydrogen (secondary N) is 1. The maximum absolute atomic E-state index is 12.3. The van der Waals surface area contributed by atoms with Crippen LogP contribution in [0.4, 0.5) is 0 Å². The first kappa shape index (κ1) is 16.4. The molecule has 0 radical (unpaired) electrons. The summed E-state index contributed by atoms with van der Waals surface area (Å²) in [7, 11) is 0.930. The van der Waals surface area contributed by atoms with Crippen LogP contribution in [0.1, 0.15) is 10.4 Å². The van der Waals surface area contributed by atoms with E-state index in [1.807, 2.05) is 0 Å². The standard InChI is InChI=1S/C12H19N3O4S/c1-14-6-7-15(2)20(17,18)9-4-5-11(19-3)10(8-9)12(13)16/h4-5,8,14H,6-7H2,1-3H3,(H2,13,16). The summed E-state index contributed by atoms with van der Waals surface area (Å²) in [6.45, 7) is 0.839. The normalized spacial score (nSPS) is 11.6. The second kappa shape index (κ2) is 6.69. The third-order valence-corrected chi connectivity index (χ3v) is 4.67. The summed E-state index contributed by atoms with van der Waals surface area (Å²) in [5, 5.41) is 2.87. The van der Waals surface area contributed by atoms with Crippen LogP contribution in [0.3, 0.4) is 0 Å². The van der Waals surface area contributed by atoms with Gasteiger partial charge in [-0.3, -0.25) is 4.79 Å². The van der Waals surface area contributed by atoms with Gasteiger partial charge in [0.15, 0.2) is 0 Å². The molecule has 1 aromatic rings. The van der Waals surface area contributed by atoms with Crippen molar-refractivity contribution in [1.29, 1.82) is 0 Å². The number of carbonyl (C=O) groups is 1. The predicted molar refractivity (Wildman–Crippen MR) is 75.3 cm³/mol. The number of benzene rings is 1. The number of ether oxygens (including phenoxy) is 1. The number of amides is 1. The number of nitrogens with zero attached hydrogens (tertiary/aromatic N) is 1. The molecule has 0 atom stereocenters. The van der Waals surface area contributed by atoms with Crippen LogP contribution >= 0.6 is 0 Å². The van der Waals surface area contributed by atoms with Crippen LogP contribution < -0.4 is 15.8 Å². The lowest BCUT2D eigenvalue weighted by atomic mass is 10.2. The zero-order valence-corrected chi connectivity index (χ0v) is 12.5. The molecule has 1 rings (SSSR count). The molecule has 0 aliphatic rings. The van der Waals surface area contributed by atoms with Gasteiger partial charge >= 0.3 is 0 Å². The minimum Gasteiger partial charge on any atom is -0.496 e. The van der Waals surface area contributed by atoms with Crippen LogP contribution in [-0.4, -0.2) is 52.9 Å². The lowest BCUT2D eigenvalue weighted by molar-refractivity contribution is 0.0997. The molecule has 8 heteroatoms. The summed E-state index contributed by atoms with van der Waals surface area (Å²) in [5.41, 5.74) is 5.26. The van der Waals surface area contributed by atoms with E-state index in [9.17, 15) is 13.2 Å². The van der Waals surface area contributed by atoms with Crippen molar-refractivity contribution in [2.24, 2.45) is 5.73 Å². The van der Waals surface area contributed by atoms with E-state index in [1.165, 1.54) is 36.7 Å². The van der Waals surface area contributed by atoms with E-state index in [2.05, 4.69) is 5.32 Å². The molecule has 0 fully saturated rings.